The van der Waals surface area contributed by atoms with E-state index in [1.54, 1.807) is 0 Å². The van der Waals surface area contributed by atoms with Crippen molar-refractivity contribution in [1.82, 2.24) is 9.88 Å². The lowest BCUT2D eigenvalue weighted by Crippen LogP contribution is -2.47. The lowest BCUT2D eigenvalue weighted by atomic mass is 9.77. The van der Waals surface area contributed by atoms with Gasteiger partial charge in [-0.25, -0.2) is 4.98 Å². The zero-order valence-electron chi connectivity index (χ0n) is 16.0. The molecule has 1 aromatic rings. The molecule has 0 atom stereocenters. The first kappa shape index (κ1) is 18.2. The highest BCUT2D eigenvalue weighted by molar-refractivity contribution is 5.85. The minimum atomic E-state index is -0.200. The summed E-state index contributed by atoms with van der Waals surface area (Å²) < 4.78 is 0. The van der Waals surface area contributed by atoms with E-state index in [2.05, 4.69) is 20.9 Å². The minimum absolute atomic E-state index is 0.181. The number of likely N-dealkylation sites (tertiary alicyclic amines) is 1. The lowest BCUT2D eigenvalue weighted by molar-refractivity contribution is -0.139. The molecule has 6 nitrogen and oxygen atoms in total. The SMILES string of the molecule is Cc1nc(N2CCC3(CC2)CCN([C@H]2CC[C@H](O)CC2)C3=O)ccc1C#N. The first-order valence-corrected chi connectivity index (χ1v) is 10.1. The van der Waals surface area contributed by atoms with Crippen molar-refractivity contribution in [2.24, 2.45) is 5.41 Å². The quantitative estimate of drug-likeness (QED) is 0.867. The van der Waals surface area contributed by atoms with E-state index < -0.39 is 0 Å². The molecule has 1 aliphatic carbocycles. The Bertz CT molecular complexity index is 756. The first-order chi connectivity index (χ1) is 13.0. The van der Waals surface area contributed by atoms with Crippen molar-refractivity contribution in [3.63, 3.8) is 0 Å². The molecule has 3 heterocycles. The van der Waals surface area contributed by atoms with Gasteiger partial charge in [0.15, 0.2) is 0 Å². The van der Waals surface area contributed by atoms with Gasteiger partial charge in [-0.3, -0.25) is 4.79 Å². The van der Waals surface area contributed by atoms with Crippen molar-refractivity contribution < 1.29 is 9.90 Å². The van der Waals surface area contributed by atoms with Gasteiger partial charge >= 0.3 is 0 Å². The van der Waals surface area contributed by atoms with Gasteiger partial charge in [0.2, 0.25) is 5.91 Å². The van der Waals surface area contributed by atoms with Crippen LogP contribution in [-0.2, 0) is 4.79 Å². The molecule has 144 valence electrons. The number of piperidine rings is 1. The summed E-state index contributed by atoms with van der Waals surface area (Å²) in [6.07, 6.45) is 6.03. The van der Waals surface area contributed by atoms with Gasteiger partial charge < -0.3 is 14.9 Å². The summed E-state index contributed by atoms with van der Waals surface area (Å²) in [7, 11) is 0. The molecule has 1 saturated carbocycles. The summed E-state index contributed by atoms with van der Waals surface area (Å²) in [5, 5.41) is 18.8. The fraction of sp³-hybridized carbons (Fsp3) is 0.667. The van der Waals surface area contributed by atoms with Crippen molar-refractivity contribution >= 4 is 11.7 Å². The Balaban J connectivity index is 1.40. The molecule has 4 rings (SSSR count). The number of aliphatic hydroxyl groups excluding tert-OH is 1. The van der Waals surface area contributed by atoms with Crippen molar-refractivity contribution in [2.75, 3.05) is 24.5 Å². The molecule has 0 aromatic carbocycles. The number of pyridine rings is 1. The summed E-state index contributed by atoms with van der Waals surface area (Å²) in [6.45, 7) is 4.41. The average Bonchev–Trinajstić information content (AvgIpc) is 2.99. The fourth-order valence-corrected chi connectivity index (χ4v) is 5.04. The number of nitrogens with zero attached hydrogens (tertiary/aromatic N) is 4. The van der Waals surface area contributed by atoms with E-state index in [1.165, 1.54) is 0 Å². The molecule has 1 amide bonds. The standard InChI is InChI=1S/C21H28N4O2/c1-15-16(14-22)2-7-19(23-15)24-11-8-21(9-12-24)10-13-25(20(21)27)17-3-5-18(26)6-4-17/h2,7,17-18,26H,3-6,8-13H2,1H3/t17-,18-. The van der Waals surface area contributed by atoms with Crippen LogP contribution in [0.2, 0.25) is 0 Å². The Morgan fingerprint density at radius 1 is 1.15 bits per heavy atom. The van der Waals surface area contributed by atoms with Crippen LogP contribution in [-0.4, -0.2) is 52.7 Å². The highest BCUT2D eigenvalue weighted by Crippen LogP contribution is 2.44. The van der Waals surface area contributed by atoms with Gasteiger partial charge in [0, 0.05) is 25.7 Å². The Hall–Kier alpha value is -2.13. The zero-order chi connectivity index (χ0) is 19.0. The molecule has 1 aromatic heterocycles. The van der Waals surface area contributed by atoms with Crippen molar-refractivity contribution in [3.05, 3.63) is 23.4 Å². The number of aryl methyl sites for hydroxylation is 1. The molecule has 0 bridgehead atoms. The molecule has 1 spiro atoms. The number of aromatic nitrogens is 1. The van der Waals surface area contributed by atoms with Gasteiger partial charge in [0.05, 0.1) is 22.8 Å². The number of aliphatic hydroxyl groups is 1. The van der Waals surface area contributed by atoms with Crippen molar-refractivity contribution in [2.45, 2.75) is 64.0 Å². The van der Waals surface area contributed by atoms with Crippen LogP contribution >= 0.6 is 0 Å². The molecule has 0 unspecified atom stereocenters. The third kappa shape index (κ3) is 3.29. The predicted molar refractivity (Wildman–Crippen MR) is 102 cm³/mol. The van der Waals surface area contributed by atoms with Gasteiger partial charge in [-0.05, 0) is 64.0 Å². The Labute approximate surface area is 160 Å². The molecule has 3 fully saturated rings. The minimum Gasteiger partial charge on any atom is -0.393 e. The van der Waals surface area contributed by atoms with Crippen LogP contribution in [0.5, 0.6) is 0 Å². The van der Waals surface area contributed by atoms with Crippen LogP contribution in [0.15, 0.2) is 12.1 Å². The van der Waals surface area contributed by atoms with Crippen LogP contribution in [0.1, 0.15) is 56.2 Å². The number of hydrogen-bond acceptors (Lipinski definition) is 5. The number of nitriles is 1. The molecule has 2 saturated heterocycles. The number of carbonyl (C=O) groups is 1. The topological polar surface area (TPSA) is 80.5 Å². The molecule has 6 heteroatoms. The fourth-order valence-electron chi connectivity index (χ4n) is 5.04. The summed E-state index contributed by atoms with van der Waals surface area (Å²) in [5.41, 5.74) is 1.18. The predicted octanol–water partition coefficient (Wildman–Crippen LogP) is 2.38. The number of anilines is 1. The normalized spacial score (nSPS) is 27.8. The number of amides is 1. The Morgan fingerprint density at radius 3 is 2.44 bits per heavy atom. The number of hydrogen-bond donors (Lipinski definition) is 1. The van der Waals surface area contributed by atoms with Gasteiger partial charge in [-0.2, -0.15) is 5.26 Å². The second kappa shape index (κ2) is 7.12. The van der Waals surface area contributed by atoms with E-state index in [1.807, 2.05) is 19.1 Å². The third-order valence-electron chi connectivity index (χ3n) is 6.89. The second-order valence-electron chi connectivity index (χ2n) is 8.39. The van der Waals surface area contributed by atoms with Crippen LogP contribution in [0.25, 0.3) is 0 Å². The maximum absolute atomic E-state index is 13.2. The van der Waals surface area contributed by atoms with Crippen LogP contribution in [0.4, 0.5) is 5.82 Å². The number of rotatable bonds is 2. The summed E-state index contributed by atoms with van der Waals surface area (Å²) >= 11 is 0. The maximum Gasteiger partial charge on any atom is 0.229 e. The monoisotopic (exact) mass is 368 g/mol. The molecule has 2 aliphatic heterocycles. The summed E-state index contributed by atoms with van der Waals surface area (Å²) in [6, 6.07) is 6.23. The molecule has 27 heavy (non-hydrogen) atoms. The van der Waals surface area contributed by atoms with E-state index in [0.29, 0.717) is 17.5 Å². The Morgan fingerprint density at radius 2 is 1.81 bits per heavy atom. The van der Waals surface area contributed by atoms with Gasteiger partial charge in [-0.1, -0.05) is 0 Å². The maximum atomic E-state index is 13.2. The smallest absolute Gasteiger partial charge is 0.229 e. The molecule has 3 aliphatic rings. The zero-order valence-corrected chi connectivity index (χ0v) is 16.0. The second-order valence-corrected chi connectivity index (χ2v) is 8.39. The summed E-state index contributed by atoms with van der Waals surface area (Å²) in [4.78, 5) is 22.2. The van der Waals surface area contributed by atoms with Crippen LogP contribution in [0.3, 0.4) is 0 Å². The van der Waals surface area contributed by atoms with E-state index >= 15 is 0 Å². The van der Waals surface area contributed by atoms with Crippen molar-refractivity contribution in [1.29, 1.82) is 5.26 Å². The highest BCUT2D eigenvalue weighted by atomic mass is 16.3. The largest absolute Gasteiger partial charge is 0.393 e. The van der Waals surface area contributed by atoms with Gasteiger partial charge in [0.25, 0.3) is 0 Å². The van der Waals surface area contributed by atoms with E-state index in [9.17, 15) is 9.90 Å². The van der Waals surface area contributed by atoms with E-state index in [4.69, 9.17) is 5.26 Å². The van der Waals surface area contributed by atoms with Crippen LogP contribution in [0, 0.1) is 23.7 Å². The average molecular weight is 368 g/mol. The summed E-state index contributed by atoms with van der Waals surface area (Å²) in [5.74, 6) is 1.25. The van der Waals surface area contributed by atoms with E-state index in [-0.39, 0.29) is 11.5 Å². The third-order valence-corrected chi connectivity index (χ3v) is 6.89. The molecule has 1 N–H and O–H groups in total. The Kier molecular flexibility index (Phi) is 4.81. The lowest BCUT2D eigenvalue weighted by Gasteiger charge is -2.40. The van der Waals surface area contributed by atoms with Gasteiger partial charge in [0.1, 0.15) is 11.9 Å². The van der Waals surface area contributed by atoms with Gasteiger partial charge in [-0.15, -0.1) is 0 Å². The van der Waals surface area contributed by atoms with Crippen LogP contribution < -0.4 is 4.90 Å². The molecular formula is C21H28N4O2. The number of carbonyl (C=O) groups excluding carboxylic acids is 1. The molecule has 0 radical (unpaired) electrons. The highest BCUT2D eigenvalue weighted by Gasteiger charge is 2.50. The van der Waals surface area contributed by atoms with Crippen molar-refractivity contribution in [3.8, 4) is 6.07 Å². The van der Waals surface area contributed by atoms with E-state index in [0.717, 1.165) is 76.1 Å². The first-order valence-electron chi connectivity index (χ1n) is 10.1. The molecular weight excluding hydrogens is 340 g/mol.